The van der Waals surface area contributed by atoms with Crippen molar-refractivity contribution in [3.05, 3.63) is 65.5 Å². The molecule has 0 atom stereocenters. The van der Waals surface area contributed by atoms with Crippen LogP contribution in [0.15, 0.2) is 48.5 Å². The number of rotatable bonds is 6. The molecule has 0 amide bonds. The first-order chi connectivity index (χ1) is 15.2. The monoisotopic (exact) mass is 469 g/mol. The second-order valence-electron chi connectivity index (χ2n) is 8.51. The highest BCUT2D eigenvalue weighted by molar-refractivity contribution is 6.85. The van der Waals surface area contributed by atoms with Crippen LogP contribution >= 0.6 is 0 Å². The molecule has 2 aromatic rings. The third-order valence-electron chi connectivity index (χ3n) is 6.43. The number of nitrogens with zero attached hydrogens (tertiary/aromatic N) is 1. The van der Waals surface area contributed by atoms with Gasteiger partial charge in [0.1, 0.15) is 5.82 Å². The summed E-state index contributed by atoms with van der Waals surface area (Å²) >= 11 is 0. The van der Waals surface area contributed by atoms with Gasteiger partial charge in [-0.15, -0.1) is 0 Å². The average molecular weight is 470 g/mol. The van der Waals surface area contributed by atoms with Crippen LogP contribution in [0.25, 0.3) is 0 Å². The molecule has 0 unspecified atom stereocenters. The van der Waals surface area contributed by atoms with Gasteiger partial charge in [-0.05, 0) is 61.5 Å². The summed E-state index contributed by atoms with van der Waals surface area (Å²) in [5.74, 6) is -1.18. The first kappa shape index (κ1) is 23.4. The zero-order valence-electron chi connectivity index (χ0n) is 17.7. The Labute approximate surface area is 185 Å². The van der Waals surface area contributed by atoms with E-state index < -0.39 is 25.8 Å². The summed E-state index contributed by atoms with van der Waals surface area (Å²) in [6.07, 6.45) is -3.02. The van der Waals surface area contributed by atoms with E-state index in [1.165, 1.54) is 18.2 Å². The standard InChI is InChI=1S/C23H27F4NO3Si/c24-20-7-5-18(6-8-20)22(30-13-14-31-22)9-2-10-28-11-15-32(29,16-12-28)21-4-1-3-19(17-21)23(25,26)27/h1,3-8,17,29H,2,9-16H2. The van der Waals surface area contributed by atoms with Crippen LogP contribution in [0, 0.1) is 5.82 Å². The maximum absolute atomic E-state index is 13.3. The Morgan fingerprint density at radius 1 is 1.00 bits per heavy atom. The molecule has 2 heterocycles. The largest absolute Gasteiger partial charge is 0.427 e. The van der Waals surface area contributed by atoms with Crippen molar-refractivity contribution >= 4 is 13.5 Å². The topological polar surface area (TPSA) is 41.9 Å². The van der Waals surface area contributed by atoms with E-state index in [9.17, 15) is 22.4 Å². The lowest BCUT2D eigenvalue weighted by Gasteiger charge is -2.37. The fourth-order valence-electron chi connectivity index (χ4n) is 4.57. The molecular weight excluding hydrogens is 442 g/mol. The molecule has 0 radical (unpaired) electrons. The van der Waals surface area contributed by atoms with Crippen LogP contribution in [-0.4, -0.2) is 50.9 Å². The lowest BCUT2D eigenvalue weighted by atomic mass is 10.0. The highest BCUT2D eigenvalue weighted by Gasteiger charge is 2.41. The molecule has 32 heavy (non-hydrogen) atoms. The minimum atomic E-state index is -4.41. The van der Waals surface area contributed by atoms with Gasteiger partial charge in [0.2, 0.25) is 8.32 Å². The lowest BCUT2D eigenvalue weighted by molar-refractivity contribution is -0.172. The maximum Gasteiger partial charge on any atom is 0.416 e. The summed E-state index contributed by atoms with van der Waals surface area (Å²) in [7, 11) is -2.93. The predicted octanol–water partition coefficient (Wildman–Crippen LogP) is 3.98. The molecule has 4 nitrogen and oxygen atoms in total. The van der Waals surface area contributed by atoms with Crippen molar-refractivity contribution in [1.29, 1.82) is 0 Å². The van der Waals surface area contributed by atoms with E-state index >= 15 is 0 Å². The Bertz CT molecular complexity index is 908. The molecule has 174 valence electrons. The molecular formula is C23H27F4NO3Si. The van der Waals surface area contributed by atoms with Crippen molar-refractivity contribution in [3.63, 3.8) is 0 Å². The smallest absolute Gasteiger partial charge is 0.416 e. The number of benzene rings is 2. The van der Waals surface area contributed by atoms with E-state index in [-0.39, 0.29) is 5.82 Å². The molecule has 2 aromatic carbocycles. The number of hydrogen-bond donors (Lipinski definition) is 1. The second-order valence-corrected chi connectivity index (χ2v) is 12.2. The molecule has 9 heteroatoms. The van der Waals surface area contributed by atoms with Crippen molar-refractivity contribution in [2.24, 2.45) is 0 Å². The van der Waals surface area contributed by atoms with Gasteiger partial charge >= 0.3 is 6.18 Å². The summed E-state index contributed by atoms with van der Waals surface area (Å²) in [6, 6.07) is 12.3. The minimum Gasteiger partial charge on any atom is -0.427 e. The maximum atomic E-state index is 13.3. The van der Waals surface area contributed by atoms with Gasteiger partial charge < -0.3 is 19.2 Å². The number of halogens is 4. The molecule has 0 bridgehead atoms. The first-order valence-corrected chi connectivity index (χ1v) is 13.2. The van der Waals surface area contributed by atoms with Gasteiger partial charge in [0, 0.05) is 12.0 Å². The number of ether oxygens (including phenoxy) is 2. The second kappa shape index (κ2) is 9.22. The van der Waals surface area contributed by atoms with Crippen LogP contribution in [0.1, 0.15) is 24.0 Å². The molecule has 2 saturated heterocycles. The van der Waals surface area contributed by atoms with Crippen molar-refractivity contribution in [2.45, 2.75) is 36.9 Å². The van der Waals surface area contributed by atoms with E-state index in [4.69, 9.17) is 9.47 Å². The number of alkyl halides is 3. The van der Waals surface area contributed by atoms with E-state index in [1.807, 2.05) is 0 Å². The fourth-order valence-corrected chi connectivity index (χ4v) is 7.60. The van der Waals surface area contributed by atoms with Gasteiger partial charge in [-0.3, -0.25) is 0 Å². The third-order valence-corrected chi connectivity index (χ3v) is 9.92. The zero-order valence-corrected chi connectivity index (χ0v) is 18.7. The zero-order chi connectivity index (χ0) is 22.8. The van der Waals surface area contributed by atoms with Gasteiger partial charge in [0.15, 0.2) is 5.79 Å². The van der Waals surface area contributed by atoms with Crippen LogP contribution < -0.4 is 5.19 Å². The molecule has 2 aliphatic rings. The van der Waals surface area contributed by atoms with E-state index in [0.29, 0.717) is 50.0 Å². The normalized spacial score (nSPS) is 21.0. The summed E-state index contributed by atoms with van der Waals surface area (Å²) in [6.45, 7) is 3.02. The quantitative estimate of drug-likeness (QED) is 0.513. The Morgan fingerprint density at radius 3 is 2.28 bits per heavy atom. The van der Waals surface area contributed by atoms with Crippen LogP contribution in [0.3, 0.4) is 0 Å². The van der Waals surface area contributed by atoms with E-state index in [2.05, 4.69) is 4.90 Å². The first-order valence-electron chi connectivity index (χ1n) is 10.9. The summed E-state index contributed by atoms with van der Waals surface area (Å²) in [4.78, 5) is 13.4. The average Bonchev–Trinajstić information content (AvgIpc) is 3.25. The highest BCUT2D eigenvalue weighted by Crippen LogP contribution is 2.36. The van der Waals surface area contributed by atoms with Crippen molar-refractivity contribution in [3.8, 4) is 0 Å². The SMILES string of the molecule is O[Si]1(c2cccc(C(F)(F)F)c2)CCN(CCCC2(c3ccc(F)cc3)OCCO2)CC1. The minimum absolute atomic E-state index is 0.312. The summed E-state index contributed by atoms with van der Waals surface area (Å²) in [5.41, 5.74) is 0.0855. The van der Waals surface area contributed by atoms with Gasteiger partial charge in [0.25, 0.3) is 0 Å². The summed E-state index contributed by atoms with van der Waals surface area (Å²) in [5, 5.41) is 0.454. The Balaban J connectivity index is 1.33. The van der Waals surface area contributed by atoms with Crippen molar-refractivity contribution < 1.29 is 31.8 Å². The predicted molar refractivity (Wildman–Crippen MR) is 114 cm³/mol. The van der Waals surface area contributed by atoms with E-state index in [1.54, 1.807) is 18.2 Å². The molecule has 2 aliphatic heterocycles. The highest BCUT2D eigenvalue weighted by atomic mass is 28.4. The van der Waals surface area contributed by atoms with Crippen LogP contribution in [0.5, 0.6) is 0 Å². The van der Waals surface area contributed by atoms with Crippen molar-refractivity contribution in [2.75, 3.05) is 32.8 Å². The molecule has 0 spiro atoms. The number of hydrogen-bond acceptors (Lipinski definition) is 4. The molecule has 0 aliphatic carbocycles. The third kappa shape index (κ3) is 5.07. The van der Waals surface area contributed by atoms with Crippen LogP contribution in [0.2, 0.25) is 12.1 Å². The van der Waals surface area contributed by atoms with E-state index in [0.717, 1.165) is 30.7 Å². The molecule has 0 saturated carbocycles. The van der Waals surface area contributed by atoms with Crippen molar-refractivity contribution in [1.82, 2.24) is 4.90 Å². The van der Waals surface area contributed by atoms with Gasteiger partial charge in [-0.1, -0.05) is 30.3 Å². The molecule has 2 fully saturated rings. The lowest BCUT2D eigenvalue weighted by Crippen LogP contribution is -2.55. The fraction of sp³-hybridized carbons (Fsp3) is 0.478. The van der Waals surface area contributed by atoms with Gasteiger partial charge in [-0.25, -0.2) is 4.39 Å². The molecule has 4 rings (SSSR count). The van der Waals surface area contributed by atoms with Crippen LogP contribution in [0.4, 0.5) is 17.6 Å². The Morgan fingerprint density at radius 2 is 1.66 bits per heavy atom. The van der Waals surface area contributed by atoms with Crippen LogP contribution in [-0.2, 0) is 21.4 Å². The molecule has 0 aromatic heterocycles. The van der Waals surface area contributed by atoms with Gasteiger partial charge in [0.05, 0.1) is 18.8 Å². The van der Waals surface area contributed by atoms with Gasteiger partial charge in [-0.2, -0.15) is 13.2 Å². The summed E-state index contributed by atoms with van der Waals surface area (Å²) < 4.78 is 64.2. The molecule has 1 N–H and O–H groups in total. The Kier molecular flexibility index (Phi) is 6.74. The Hall–Kier alpha value is -1.78.